The van der Waals surface area contributed by atoms with Crippen molar-refractivity contribution in [3.8, 4) is 0 Å². The first kappa shape index (κ1) is 15.3. The van der Waals surface area contributed by atoms with Crippen LogP contribution in [0.3, 0.4) is 0 Å². The molecule has 114 valence electrons. The smallest absolute Gasteiger partial charge is 0.334 e. The fourth-order valence-electron chi connectivity index (χ4n) is 2.37. The minimum absolute atomic E-state index is 0.0896. The molecule has 0 saturated carbocycles. The van der Waals surface area contributed by atoms with Crippen LogP contribution in [0.2, 0.25) is 0 Å². The number of aryl methyl sites for hydroxylation is 1. The minimum atomic E-state index is -1.03. The maximum absolute atomic E-state index is 12.4. The van der Waals surface area contributed by atoms with Crippen LogP contribution in [-0.4, -0.2) is 59.8 Å². The van der Waals surface area contributed by atoms with Gasteiger partial charge in [-0.3, -0.25) is 0 Å². The van der Waals surface area contributed by atoms with E-state index in [1.165, 1.54) is 4.90 Å². The highest BCUT2D eigenvalue weighted by Crippen LogP contribution is 2.11. The molecular formula is C15H20N2O4. The molecule has 6 heteroatoms. The number of rotatable bonds is 3. The third kappa shape index (κ3) is 3.95. The number of carboxylic acids is 1. The maximum atomic E-state index is 12.4. The van der Waals surface area contributed by atoms with Gasteiger partial charge >= 0.3 is 12.0 Å². The van der Waals surface area contributed by atoms with E-state index in [1.54, 1.807) is 11.9 Å². The van der Waals surface area contributed by atoms with Gasteiger partial charge in [0.1, 0.15) is 0 Å². The van der Waals surface area contributed by atoms with Gasteiger partial charge in [0, 0.05) is 20.1 Å². The van der Waals surface area contributed by atoms with Crippen molar-refractivity contribution in [3.05, 3.63) is 35.4 Å². The van der Waals surface area contributed by atoms with Gasteiger partial charge in [-0.05, 0) is 12.5 Å². The maximum Gasteiger partial charge on any atom is 0.334 e. The van der Waals surface area contributed by atoms with Gasteiger partial charge in [0.15, 0.2) is 6.10 Å². The van der Waals surface area contributed by atoms with Crippen molar-refractivity contribution in [2.24, 2.45) is 0 Å². The predicted molar refractivity (Wildman–Crippen MR) is 77.0 cm³/mol. The Labute approximate surface area is 123 Å². The van der Waals surface area contributed by atoms with E-state index in [4.69, 9.17) is 9.84 Å². The molecule has 1 aliphatic rings. The average molecular weight is 292 g/mol. The Kier molecular flexibility index (Phi) is 4.80. The van der Waals surface area contributed by atoms with Gasteiger partial charge in [0.2, 0.25) is 0 Å². The summed E-state index contributed by atoms with van der Waals surface area (Å²) in [6.45, 7) is 3.26. The number of carbonyl (C=O) groups excluding carboxylic acids is 1. The number of ether oxygens (including phenoxy) is 1. The van der Waals surface area contributed by atoms with Crippen molar-refractivity contribution in [2.75, 3.05) is 26.7 Å². The molecule has 0 radical (unpaired) electrons. The van der Waals surface area contributed by atoms with Gasteiger partial charge in [0.05, 0.1) is 13.2 Å². The molecule has 2 amide bonds. The summed E-state index contributed by atoms with van der Waals surface area (Å²) in [5.74, 6) is -1.03. The van der Waals surface area contributed by atoms with E-state index in [0.717, 1.165) is 11.1 Å². The first-order valence-electron chi connectivity index (χ1n) is 6.87. The van der Waals surface area contributed by atoms with Crippen LogP contribution in [-0.2, 0) is 16.1 Å². The van der Waals surface area contributed by atoms with E-state index >= 15 is 0 Å². The Morgan fingerprint density at radius 2 is 2.24 bits per heavy atom. The lowest BCUT2D eigenvalue weighted by Gasteiger charge is -2.33. The van der Waals surface area contributed by atoms with E-state index in [9.17, 15) is 9.59 Å². The van der Waals surface area contributed by atoms with E-state index in [-0.39, 0.29) is 19.2 Å². The van der Waals surface area contributed by atoms with E-state index < -0.39 is 12.1 Å². The van der Waals surface area contributed by atoms with Crippen molar-refractivity contribution < 1.29 is 19.4 Å². The van der Waals surface area contributed by atoms with Crippen molar-refractivity contribution in [3.63, 3.8) is 0 Å². The highest BCUT2D eigenvalue weighted by Gasteiger charge is 2.30. The molecule has 2 rings (SSSR count). The number of morpholine rings is 1. The van der Waals surface area contributed by atoms with Gasteiger partial charge in [-0.15, -0.1) is 0 Å². The number of aliphatic carboxylic acids is 1. The van der Waals surface area contributed by atoms with Crippen molar-refractivity contribution in [2.45, 2.75) is 19.6 Å². The summed E-state index contributed by atoms with van der Waals surface area (Å²) in [4.78, 5) is 26.4. The molecule has 1 aliphatic heterocycles. The summed E-state index contributed by atoms with van der Waals surface area (Å²) in [6.07, 6.45) is -0.935. The van der Waals surface area contributed by atoms with Gasteiger partial charge in [-0.1, -0.05) is 29.8 Å². The van der Waals surface area contributed by atoms with Crippen LogP contribution in [0.15, 0.2) is 24.3 Å². The predicted octanol–water partition coefficient (Wildman–Crippen LogP) is 1.33. The van der Waals surface area contributed by atoms with E-state index in [0.29, 0.717) is 13.1 Å². The second-order valence-corrected chi connectivity index (χ2v) is 5.27. The van der Waals surface area contributed by atoms with Crippen LogP contribution in [0.1, 0.15) is 11.1 Å². The molecule has 6 nitrogen and oxygen atoms in total. The number of hydrogen-bond donors (Lipinski definition) is 1. The van der Waals surface area contributed by atoms with Crippen LogP contribution in [0.25, 0.3) is 0 Å². The van der Waals surface area contributed by atoms with E-state index in [1.807, 2.05) is 31.2 Å². The number of urea groups is 1. The lowest BCUT2D eigenvalue weighted by Crippen LogP contribution is -2.51. The molecule has 1 unspecified atom stereocenters. The molecule has 1 aromatic carbocycles. The lowest BCUT2D eigenvalue weighted by atomic mass is 10.1. The number of benzene rings is 1. The van der Waals surface area contributed by atoms with Gasteiger partial charge in [-0.2, -0.15) is 0 Å². The Morgan fingerprint density at radius 1 is 1.48 bits per heavy atom. The molecule has 0 aliphatic carbocycles. The Morgan fingerprint density at radius 3 is 2.90 bits per heavy atom. The fraction of sp³-hybridized carbons (Fsp3) is 0.467. The van der Waals surface area contributed by atoms with Crippen molar-refractivity contribution in [1.29, 1.82) is 0 Å². The largest absolute Gasteiger partial charge is 0.479 e. The molecule has 1 saturated heterocycles. The molecular weight excluding hydrogens is 272 g/mol. The minimum Gasteiger partial charge on any atom is -0.479 e. The number of amides is 2. The summed E-state index contributed by atoms with van der Waals surface area (Å²) in [5, 5.41) is 8.97. The van der Waals surface area contributed by atoms with Gasteiger partial charge in [0.25, 0.3) is 0 Å². The van der Waals surface area contributed by atoms with Gasteiger partial charge < -0.3 is 19.6 Å². The molecule has 21 heavy (non-hydrogen) atoms. The SMILES string of the molecule is Cc1cccc(CN(C)C(=O)N2CCOC(C(=O)O)C2)c1. The van der Waals surface area contributed by atoms with E-state index in [2.05, 4.69) is 0 Å². The third-order valence-corrected chi connectivity index (χ3v) is 3.44. The zero-order chi connectivity index (χ0) is 15.4. The zero-order valence-electron chi connectivity index (χ0n) is 12.3. The molecule has 0 spiro atoms. The molecule has 0 aromatic heterocycles. The normalized spacial score (nSPS) is 18.4. The monoisotopic (exact) mass is 292 g/mol. The average Bonchev–Trinajstić information content (AvgIpc) is 2.46. The molecule has 1 heterocycles. The van der Waals surface area contributed by atoms with Crippen LogP contribution in [0, 0.1) is 6.92 Å². The quantitative estimate of drug-likeness (QED) is 0.912. The highest BCUT2D eigenvalue weighted by atomic mass is 16.5. The first-order chi connectivity index (χ1) is 9.97. The summed E-state index contributed by atoms with van der Waals surface area (Å²) in [5.41, 5.74) is 2.19. The lowest BCUT2D eigenvalue weighted by molar-refractivity contribution is -0.154. The van der Waals surface area contributed by atoms with Crippen molar-refractivity contribution >= 4 is 12.0 Å². The number of carbonyl (C=O) groups is 2. The Hall–Kier alpha value is -2.08. The third-order valence-electron chi connectivity index (χ3n) is 3.44. The number of nitrogens with zero attached hydrogens (tertiary/aromatic N) is 2. The van der Waals surface area contributed by atoms with Crippen LogP contribution >= 0.6 is 0 Å². The summed E-state index contributed by atoms with van der Waals surface area (Å²) in [6, 6.07) is 7.79. The Balaban J connectivity index is 1.97. The van der Waals surface area contributed by atoms with Crippen LogP contribution < -0.4 is 0 Å². The molecule has 1 N–H and O–H groups in total. The summed E-state index contributed by atoms with van der Waals surface area (Å²) in [7, 11) is 1.72. The topological polar surface area (TPSA) is 70.1 Å². The number of carboxylic acid groups (broad SMARTS) is 1. The summed E-state index contributed by atoms with van der Waals surface area (Å²) < 4.78 is 5.12. The van der Waals surface area contributed by atoms with Crippen LogP contribution in [0.4, 0.5) is 4.79 Å². The van der Waals surface area contributed by atoms with Crippen molar-refractivity contribution in [1.82, 2.24) is 9.80 Å². The van der Waals surface area contributed by atoms with Crippen LogP contribution in [0.5, 0.6) is 0 Å². The molecule has 0 bridgehead atoms. The zero-order valence-corrected chi connectivity index (χ0v) is 12.3. The fourth-order valence-corrected chi connectivity index (χ4v) is 2.37. The highest BCUT2D eigenvalue weighted by molar-refractivity contribution is 5.77. The Bertz CT molecular complexity index is 532. The first-order valence-corrected chi connectivity index (χ1v) is 6.87. The van der Waals surface area contributed by atoms with Gasteiger partial charge in [-0.25, -0.2) is 9.59 Å². The standard InChI is InChI=1S/C15H20N2O4/c1-11-4-3-5-12(8-11)9-16(2)15(20)17-6-7-21-13(10-17)14(18)19/h3-5,8,13H,6-7,9-10H2,1-2H3,(H,18,19). The summed E-state index contributed by atoms with van der Waals surface area (Å²) >= 11 is 0. The molecule has 1 aromatic rings. The number of hydrogen-bond acceptors (Lipinski definition) is 3. The second kappa shape index (κ2) is 6.58. The molecule has 1 fully saturated rings. The molecule has 1 atom stereocenters. The second-order valence-electron chi connectivity index (χ2n) is 5.27.